The maximum absolute atomic E-state index is 13.9. The zero-order chi connectivity index (χ0) is 20.2. The van der Waals surface area contributed by atoms with Crippen LogP contribution >= 0.6 is 0 Å². The van der Waals surface area contributed by atoms with Crippen LogP contribution in [-0.2, 0) is 15.8 Å². The minimum absolute atomic E-state index is 0.216. The first-order valence-electron chi connectivity index (χ1n) is 9.56. The molecule has 8 nitrogen and oxygen atoms in total. The molecule has 2 aliphatic rings. The molecule has 0 amide bonds. The van der Waals surface area contributed by atoms with Crippen LogP contribution in [0.3, 0.4) is 0 Å². The number of fused-ring (bicyclic) bond motifs is 2. The van der Waals surface area contributed by atoms with Crippen molar-refractivity contribution in [1.29, 1.82) is 0 Å². The molecule has 29 heavy (non-hydrogen) atoms. The molecule has 3 aromatic rings. The summed E-state index contributed by atoms with van der Waals surface area (Å²) < 4.78 is 42.7. The van der Waals surface area contributed by atoms with Gasteiger partial charge in [0, 0.05) is 31.7 Å². The van der Waals surface area contributed by atoms with E-state index in [1.54, 1.807) is 16.6 Å². The largest absolute Gasteiger partial charge is 0.355 e. The maximum atomic E-state index is 13.9. The normalized spacial score (nSPS) is 22.5. The predicted molar refractivity (Wildman–Crippen MR) is 105 cm³/mol. The fraction of sp³-hybridized carbons (Fsp3) is 0.421. The summed E-state index contributed by atoms with van der Waals surface area (Å²) in [6, 6.07) is 9.86. The number of aryl methyl sites for hydroxylation is 1. The molecule has 152 valence electrons. The summed E-state index contributed by atoms with van der Waals surface area (Å²) in [4.78, 5) is 2.19. The third-order valence-corrected chi connectivity index (χ3v) is 7.63. The lowest BCUT2D eigenvalue weighted by molar-refractivity contribution is 0.451. The molecule has 0 N–H and O–H groups in total. The van der Waals surface area contributed by atoms with Crippen molar-refractivity contribution in [1.82, 2.24) is 24.1 Å². The fourth-order valence-corrected chi connectivity index (χ4v) is 5.97. The summed E-state index contributed by atoms with van der Waals surface area (Å²) in [6.45, 7) is 4.28. The van der Waals surface area contributed by atoms with Gasteiger partial charge in [0.1, 0.15) is 11.6 Å². The Morgan fingerprint density at radius 2 is 1.76 bits per heavy atom. The second kappa shape index (κ2) is 6.74. The molecule has 0 bridgehead atoms. The zero-order valence-corrected chi connectivity index (χ0v) is 16.8. The molecule has 2 unspecified atom stereocenters. The first-order chi connectivity index (χ1) is 13.9. The Bertz CT molecular complexity index is 1170. The van der Waals surface area contributed by atoms with E-state index < -0.39 is 15.8 Å². The maximum Gasteiger partial charge on any atom is 0.218 e. The van der Waals surface area contributed by atoms with Crippen molar-refractivity contribution in [2.75, 3.05) is 31.1 Å². The Hall–Kier alpha value is -2.59. The Balaban J connectivity index is 1.29. The van der Waals surface area contributed by atoms with E-state index >= 15 is 0 Å². The van der Waals surface area contributed by atoms with Gasteiger partial charge < -0.3 is 4.90 Å². The standard InChI is InChI=1S/C19H21FN6O2S/c1-13-21-22-18-6-7-19(23-26(13)18)24-8-15-10-25(11-16(15)9-24)29(27,28)12-14-4-2-3-5-17(14)20/h2-7,15-16H,8-12H2,1H3. The molecule has 2 aromatic heterocycles. The van der Waals surface area contributed by atoms with Crippen LogP contribution in [0.5, 0.6) is 0 Å². The minimum Gasteiger partial charge on any atom is -0.355 e. The molecule has 2 aliphatic heterocycles. The fourth-order valence-electron chi connectivity index (χ4n) is 4.32. The van der Waals surface area contributed by atoms with Gasteiger partial charge in [0.2, 0.25) is 10.0 Å². The third-order valence-electron chi connectivity index (χ3n) is 5.87. The van der Waals surface area contributed by atoms with Crippen LogP contribution in [0.2, 0.25) is 0 Å². The Morgan fingerprint density at radius 3 is 2.48 bits per heavy atom. The average Bonchev–Trinajstić information content (AvgIpc) is 3.37. The van der Waals surface area contributed by atoms with Crippen molar-refractivity contribution >= 4 is 21.5 Å². The van der Waals surface area contributed by atoms with E-state index in [1.165, 1.54) is 16.4 Å². The Kier molecular flexibility index (Phi) is 4.28. The highest BCUT2D eigenvalue weighted by Gasteiger charge is 2.44. The van der Waals surface area contributed by atoms with E-state index in [2.05, 4.69) is 20.2 Å². The summed E-state index contributed by atoms with van der Waals surface area (Å²) in [5.41, 5.74) is 0.920. The summed E-state index contributed by atoms with van der Waals surface area (Å²) in [7, 11) is -3.55. The van der Waals surface area contributed by atoms with Gasteiger partial charge in [-0.25, -0.2) is 17.1 Å². The monoisotopic (exact) mass is 416 g/mol. The summed E-state index contributed by atoms with van der Waals surface area (Å²) in [5, 5.41) is 12.7. The number of nitrogens with zero attached hydrogens (tertiary/aromatic N) is 6. The molecular weight excluding hydrogens is 395 g/mol. The second-order valence-corrected chi connectivity index (χ2v) is 9.77. The van der Waals surface area contributed by atoms with Crippen molar-refractivity contribution in [3.63, 3.8) is 0 Å². The third kappa shape index (κ3) is 3.25. The number of anilines is 1. The number of hydrogen-bond acceptors (Lipinski definition) is 6. The second-order valence-electron chi connectivity index (χ2n) is 7.80. The van der Waals surface area contributed by atoms with Gasteiger partial charge in [0.15, 0.2) is 11.5 Å². The van der Waals surface area contributed by atoms with Crippen LogP contribution < -0.4 is 4.90 Å². The summed E-state index contributed by atoms with van der Waals surface area (Å²) in [5.74, 6) is 1.28. The first-order valence-corrected chi connectivity index (χ1v) is 11.2. The van der Waals surface area contributed by atoms with E-state index in [1.807, 2.05) is 19.1 Å². The van der Waals surface area contributed by atoms with Gasteiger partial charge in [-0.2, -0.15) is 4.52 Å². The van der Waals surface area contributed by atoms with Gasteiger partial charge in [-0.1, -0.05) is 18.2 Å². The molecule has 2 atom stereocenters. The highest BCUT2D eigenvalue weighted by molar-refractivity contribution is 7.88. The molecule has 2 fully saturated rings. The highest BCUT2D eigenvalue weighted by Crippen LogP contribution is 2.35. The van der Waals surface area contributed by atoms with E-state index in [-0.39, 0.29) is 23.2 Å². The van der Waals surface area contributed by atoms with Gasteiger partial charge >= 0.3 is 0 Å². The number of aromatic nitrogens is 4. The molecule has 5 rings (SSSR count). The smallest absolute Gasteiger partial charge is 0.218 e. The molecule has 2 saturated heterocycles. The van der Waals surface area contributed by atoms with Crippen LogP contribution in [0.25, 0.3) is 5.65 Å². The summed E-state index contributed by atoms with van der Waals surface area (Å²) in [6.07, 6.45) is 0. The number of hydrogen-bond donors (Lipinski definition) is 0. The lowest BCUT2D eigenvalue weighted by atomic mass is 10.0. The van der Waals surface area contributed by atoms with Crippen LogP contribution in [0.15, 0.2) is 36.4 Å². The average molecular weight is 416 g/mol. The molecule has 1 aromatic carbocycles. The molecule has 0 radical (unpaired) electrons. The van der Waals surface area contributed by atoms with Crippen LogP contribution in [0.4, 0.5) is 10.2 Å². The van der Waals surface area contributed by atoms with E-state index in [0.29, 0.717) is 18.7 Å². The zero-order valence-electron chi connectivity index (χ0n) is 15.9. The highest BCUT2D eigenvalue weighted by atomic mass is 32.2. The van der Waals surface area contributed by atoms with Gasteiger partial charge in [-0.15, -0.1) is 15.3 Å². The van der Waals surface area contributed by atoms with Gasteiger partial charge in [-0.05, 0) is 37.0 Å². The van der Waals surface area contributed by atoms with Crippen molar-refractivity contribution in [3.8, 4) is 0 Å². The Labute approximate surface area is 168 Å². The molecule has 0 saturated carbocycles. The number of halogens is 1. The van der Waals surface area contributed by atoms with Crippen LogP contribution in [-0.4, -0.2) is 58.7 Å². The topological polar surface area (TPSA) is 83.7 Å². The van der Waals surface area contributed by atoms with Gasteiger partial charge in [0.05, 0.1) is 5.75 Å². The quantitative estimate of drug-likeness (QED) is 0.641. The van der Waals surface area contributed by atoms with Crippen LogP contribution in [0, 0.1) is 24.6 Å². The van der Waals surface area contributed by atoms with E-state index in [4.69, 9.17) is 0 Å². The van der Waals surface area contributed by atoms with Gasteiger partial charge in [-0.3, -0.25) is 0 Å². The molecule has 0 aliphatic carbocycles. The molecule has 4 heterocycles. The van der Waals surface area contributed by atoms with Crippen molar-refractivity contribution in [3.05, 3.63) is 53.6 Å². The van der Waals surface area contributed by atoms with Crippen LogP contribution in [0.1, 0.15) is 11.4 Å². The summed E-state index contributed by atoms with van der Waals surface area (Å²) >= 11 is 0. The lowest BCUT2D eigenvalue weighted by Gasteiger charge is -2.22. The molecular formula is C19H21FN6O2S. The number of rotatable bonds is 4. The van der Waals surface area contributed by atoms with Crippen molar-refractivity contribution in [2.45, 2.75) is 12.7 Å². The first kappa shape index (κ1) is 18.4. The van der Waals surface area contributed by atoms with E-state index in [0.717, 1.165) is 24.7 Å². The SMILES string of the molecule is Cc1nnc2ccc(N3CC4CN(S(=O)(=O)Cc5ccccc5F)CC4C3)nn12. The molecule has 0 spiro atoms. The molecule has 10 heteroatoms. The predicted octanol–water partition coefficient (Wildman–Crippen LogP) is 1.47. The van der Waals surface area contributed by atoms with Crippen molar-refractivity contribution < 1.29 is 12.8 Å². The number of sulfonamides is 1. The van der Waals surface area contributed by atoms with Crippen molar-refractivity contribution in [2.24, 2.45) is 11.8 Å². The Morgan fingerprint density at radius 1 is 1.03 bits per heavy atom. The lowest BCUT2D eigenvalue weighted by Crippen LogP contribution is -2.34. The minimum atomic E-state index is -3.55. The van der Waals surface area contributed by atoms with E-state index in [9.17, 15) is 12.8 Å². The van der Waals surface area contributed by atoms with Gasteiger partial charge in [0.25, 0.3) is 0 Å². The number of benzene rings is 1.